The number of carboxylic acids is 2. The van der Waals surface area contributed by atoms with Crippen LogP contribution in [0.5, 0.6) is 5.75 Å². The molecule has 2 atom stereocenters. The number of thiazole rings is 2. The average molecular weight is 803 g/mol. The van der Waals surface area contributed by atoms with E-state index in [2.05, 4.69) is 34.0 Å². The van der Waals surface area contributed by atoms with Gasteiger partial charge in [-0.15, -0.1) is 11.3 Å². The van der Waals surface area contributed by atoms with Crippen molar-refractivity contribution in [2.24, 2.45) is 5.73 Å². The fourth-order valence-corrected chi connectivity index (χ4v) is 8.30. The lowest BCUT2D eigenvalue weighted by molar-refractivity contribution is -0.144. The van der Waals surface area contributed by atoms with E-state index in [0.717, 1.165) is 47.8 Å². The second-order valence-electron chi connectivity index (χ2n) is 14.1. The molecule has 6 rings (SSSR count). The number of halogens is 1. The normalized spacial score (nSPS) is 16.9. The number of benzene rings is 2. The number of carbonyl (C=O) groups is 3. The zero-order valence-electron chi connectivity index (χ0n) is 30.6. The van der Waals surface area contributed by atoms with Crippen LogP contribution in [0.15, 0.2) is 40.5 Å². The van der Waals surface area contributed by atoms with Crippen molar-refractivity contribution in [2.45, 2.75) is 69.7 Å². The number of phenolic OH excluding ortho intramolecular Hbond substituents is 1. The first kappa shape index (κ1) is 41.9. The van der Waals surface area contributed by atoms with Crippen molar-refractivity contribution in [2.75, 3.05) is 45.9 Å². The molecule has 1 spiro atoms. The van der Waals surface area contributed by atoms with Crippen molar-refractivity contribution in [1.82, 2.24) is 25.1 Å². The summed E-state index contributed by atoms with van der Waals surface area (Å²) in [5.41, 5.74) is 7.53. The number of nitrogens with zero attached hydrogens (tertiary/aromatic N) is 3. The van der Waals surface area contributed by atoms with Crippen LogP contribution in [0.4, 0.5) is 4.39 Å². The highest BCUT2D eigenvalue weighted by atomic mass is 32.1. The molecule has 0 aliphatic carbocycles. The van der Waals surface area contributed by atoms with E-state index in [0.29, 0.717) is 72.2 Å². The molecule has 0 radical (unpaired) electrons. The molecule has 2 aliphatic heterocycles. The number of amides is 1. The molecule has 4 aromatic rings. The van der Waals surface area contributed by atoms with Crippen LogP contribution in [-0.2, 0) is 27.3 Å². The van der Waals surface area contributed by atoms with Crippen LogP contribution in [0.25, 0.3) is 10.2 Å². The van der Waals surface area contributed by atoms with Gasteiger partial charge in [0.15, 0.2) is 0 Å². The van der Waals surface area contributed by atoms with Gasteiger partial charge in [0, 0.05) is 49.6 Å². The largest absolute Gasteiger partial charge is 0.506 e. The van der Waals surface area contributed by atoms with Gasteiger partial charge in [-0.3, -0.25) is 24.1 Å². The molecule has 2 saturated heterocycles. The summed E-state index contributed by atoms with van der Waals surface area (Å²) in [6.07, 6.45) is 0.663. The minimum Gasteiger partial charge on any atom is -0.506 e. The minimum absolute atomic E-state index is 0.0206. The molecule has 2 aromatic heterocycles. The van der Waals surface area contributed by atoms with Gasteiger partial charge >= 0.3 is 16.8 Å². The van der Waals surface area contributed by atoms with Gasteiger partial charge in [-0.2, -0.15) is 0 Å². The van der Waals surface area contributed by atoms with Crippen molar-refractivity contribution in [3.63, 3.8) is 0 Å². The third-order valence-corrected chi connectivity index (χ3v) is 11.7. The monoisotopic (exact) mass is 802 g/mol. The average Bonchev–Trinajstić information content (AvgIpc) is 3.80. The van der Waals surface area contributed by atoms with Gasteiger partial charge in [0.1, 0.15) is 28.8 Å². The molecule has 1 amide bonds. The zero-order chi connectivity index (χ0) is 39.9. The number of aliphatic carboxylic acids is 2. The highest BCUT2D eigenvalue weighted by Gasteiger charge is 2.41. The lowest BCUT2D eigenvalue weighted by atomic mass is 9.89. The number of carboxylic acid groups (broad SMARTS) is 2. The number of aromatic nitrogens is 2. The topological polar surface area (TPSA) is 232 Å². The fourth-order valence-electron chi connectivity index (χ4n) is 6.58. The van der Waals surface area contributed by atoms with Gasteiger partial charge in [-0.05, 0) is 49.1 Å². The molecule has 55 heavy (non-hydrogen) atoms. The van der Waals surface area contributed by atoms with Gasteiger partial charge in [0.05, 0.1) is 41.0 Å². The summed E-state index contributed by atoms with van der Waals surface area (Å²) in [5, 5.41) is 42.8. The number of aromatic amines is 1. The number of ether oxygens (including phenoxy) is 1. The lowest BCUT2D eigenvalue weighted by Gasteiger charge is -2.47. The number of nitrogens with two attached hydrogens (primary N) is 1. The SMILES string of the molecule is CC(C)c1nc(C(=O)N2CCOC3(CCN(Cc4ccc(F)c(CCNC[C@H](O)c5ccc(O)c6[nH]c(=O)sc56)c4)CC3)C2)cs1.N[C@@H](CC(=O)O)C(=O)O. The van der Waals surface area contributed by atoms with E-state index in [-0.39, 0.29) is 34.5 Å². The second-order valence-corrected chi connectivity index (χ2v) is 16.0. The Morgan fingerprint density at radius 2 is 1.89 bits per heavy atom. The Balaban J connectivity index is 0.000000574. The molecule has 2 aliphatic rings. The summed E-state index contributed by atoms with van der Waals surface area (Å²) >= 11 is 2.48. The van der Waals surface area contributed by atoms with Crippen LogP contribution < -0.4 is 15.9 Å². The van der Waals surface area contributed by atoms with E-state index in [9.17, 15) is 33.8 Å². The molecular formula is C37H47FN6O9S2. The van der Waals surface area contributed by atoms with Crippen molar-refractivity contribution in [1.29, 1.82) is 0 Å². The van der Waals surface area contributed by atoms with Gasteiger partial charge in [-0.25, -0.2) is 9.37 Å². The first-order valence-corrected chi connectivity index (χ1v) is 19.7. The highest BCUT2D eigenvalue weighted by Crippen LogP contribution is 2.33. The van der Waals surface area contributed by atoms with Gasteiger partial charge in [-0.1, -0.05) is 43.4 Å². The van der Waals surface area contributed by atoms with Crippen molar-refractivity contribution < 1.29 is 43.9 Å². The van der Waals surface area contributed by atoms with Crippen LogP contribution in [0, 0.1) is 5.82 Å². The van der Waals surface area contributed by atoms with Crippen LogP contribution in [-0.4, -0.2) is 116 Å². The number of aromatic hydroxyl groups is 1. The molecule has 18 heteroatoms. The van der Waals surface area contributed by atoms with E-state index in [4.69, 9.17) is 20.7 Å². The van der Waals surface area contributed by atoms with Gasteiger partial charge < -0.3 is 46.1 Å². The number of nitrogens with one attached hydrogen (secondary N) is 2. The molecule has 0 unspecified atom stereocenters. The zero-order valence-corrected chi connectivity index (χ0v) is 32.3. The van der Waals surface area contributed by atoms with Crippen molar-refractivity contribution >= 4 is 50.7 Å². The summed E-state index contributed by atoms with van der Waals surface area (Å²) < 4.78 is 21.5. The van der Waals surface area contributed by atoms with E-state index in [1.165, 1.54) is 23.5 Å². The molecule has 15 nitrogen and oxygen atoms in total. The molecular weight excluding hydrogens is 756 g/mol. The Morgan fingerprint density at radius 1 is 1.15 bits per heavy atom. The fraction of sp³-hybridized carbons (Fsp3) is 0.486. The Labute approximate surface area is 324 Å². The van der Waals surface area contributed by atoms with Crippen LogP contribution in [0.1, 0.15) is 77.3 Å². The smallest absolute Gasteiger partial charge is 0.321 e. The lowest BCUT2D eigenvalue weighted by Crippen LogP contribution is -2.58. The third kappa shape index (κ3) is 10.9. The number of phenols is 1. The predicted molar refractivity (Wildman–Crippen MR) is 205 cm³/mol. The summed E-state index contributed by atoms with van der Waals surface area (Å²) in [6.45, 7) is 8.84. The molecule has 298 valence electrons. The number of fused-ring (bicyclic) bond motifs is 1. The van der Waals surface area contributed by atoms with Crippen molar-refractivity contribution in [3.05, 3.63) is 78.6 Å². The Hall–Kier alpha value is -4.30. The first-order chi connectivity index (χ1) is 26.1. The summed E-state index contributed by atoms with van der Waals surface area (Å²) in [4.78, 5) is 55.7. The van der Waals surface area contributed by atoms with Crippen LogP contribution in [0.2, 0.25) is 0 Å². The standard InChI is InChI=1S/C33H40FN5O5S2.C4H7NO4/c1-20(2)30-36-25(18-45-30)31(42)39-13-14-44-33(19-39)8-11-38(12-9-33)17-21-3-5-24(34)22(15-21)7-10-35-16-27(41)23-4-6-26(40)28-29(23)46-32(43)37-28;5-2(4(8)9)1-3(6)7/h3-6,15,18,20,27,35,40-41H,7-14,16-17,19H2,1-2H3,(H,37,43);2H,1,5H2,(H,6,7)(H,8,9)/t27-;2-/m00/s1. The Kier molecular flexibility index (Phi) is 14.1. The minimum atomic E-state index is -1.29. The Bertz CT molecular complexity index is 2030. The Morgan fingerprint density at radius 3 is 2.55 bits per heavy atom. The molecule has 2 aromatic carbocycles. The maximum Gasteiger partial charge on any atom is 0.321 e. The van der Waals surface area contributed by atoms with Gasteiger partial charge in [0.25, 0.3) is 5.91 Å². The van der Waals surface area contributed by atoms with Gasteiger partial charge in [0.2, 0.25) is 0 Å². The van der Waals surface area contributed by atoms with E-state index >= 15 is 0 Å². The molecule has 0 bridgehead atoms. The van der Waals surface area contributed by atoms with E-state index < -0.39 is 30.5 Å². The number of morpholine rings is 1. The summed E-state index contributed by atoms with van der Waals surface area (Å²) in [5.74, 6) is -2.52. The molecule has 0 saturated carbocycles. The predicted octanol–water partition coefficient (Wildman–Crippen LogP) is 3.26. The van der Waals surface area contributed by atoms with E-state index in [1.807, 2.05) is 22.4 Å². The number of aliphatic hydroxyl groups is 1. The number of carbonyl (C=O) groups excluding carboxylic acids is 1. The highest BCUT2D eigenvalue weighted by molar-refractivity contribution is 7.16. The van der Waals surface area contributed by atoms with Crippen LogP contribution >= 0.6 is 22.7 Å². The number of hydrogen-bond acceptors (Lipinski definition) is 13. The van der Waals surface area contributed by atoms with E-state index in [1.54, 1.807) is 6.07 Å². The third-order valence-electron chi connectivity index (χ3n) is 9.62. The summed E-state index contributed by atoms with van der Waals surface area (Å²) in [6, 6.07) is 7.03. The van der Waals surface area contributed by atoms with Crippen molar-refractivity contribution in [3.8, 4) is 5.75 Å². The summed E-state index contributed by atoms with van der Waals surface area (Å²) in [7, 11) is 0. The quantitative estimate of drug-likeness (QED) is 0.0964. The maximum absolute atomic E-state index is 14.7. The number of H-pyrrole nitrogens is 1. The maximum atomic E-state index is 14.7. The number of hydrogen-bond donors (Lipinski definition) is 7. The molecule has 8 N–H and O–H groups in total. The number of piperidine rings is 1. The first-order valence-electron chi connectivity index (χ1n) is 18.0. The number of likely N-dealkylation sites (tertiary alicyclic amines) is 1. The number of rotatable bonds is 13. The molecule has 2 fully saturated rings. The second kappa shape index (κ2) is 18.6. The van der Waals surface area contributed by atoms with Crippen LogP contribution in [0.3, 0.4) is 0 Å². The molecule has 4 heterocycles. The number of aliphatic hydroxyl groups excluding tert-OH is 1.